The number of β-amino-alcohol motifs (C(OH)–C–C–N with tert-alkyl or cyclic N) is 1. The van der Waals surface area contributed by atoms with Gasteiger partial charge in [0, 0.05) is 25.2 Å². The Labute approximate surface area is 153 Å². The van der Waals surface area contributed by atoms with E-state index in [0.717, 1.165) is 61.4 Å². The molecule has 1 saturated heterocycles. The highest BCUT2D eigenvalue weighted by Gasteiger charge is 2.43. The zero-order chi connectivity index (χ0) is 17.9. The molecule has 0 aromatic heterocycles. The van der Waals surface area contributed by atoms with E-state index in [-0.39, 0.29) is 0 Å². The Morgan fingerprint density at radius 1 is 1.12 bits per heavy atom. The van der Waals surface area contributed by atoms with Gasteiger partial charge in [-0.3, -0.25) is 4.90 Å². The van der Waals surface area contributed by atoms with Gasteiger partial charge in [0.1, 0.15) is 11.4 Å². The molecule has 0 radical (unpaired) electrons. The molecule has 1 saturated carbocycles. The van der Waals surface area contributed by atoms with Crippen LogP contribution >= 0.6 is 0 Å². The van der Waals surface area contributed by atoms with Gasteiger partial charge in [0.15, 0.2) is 0 Å². The first kappa shape index (κ1) is 18.7. The molecule has 0 amide bonds. The second kappa shape index (κ2) is 7.65. The summed E-state index contributed by atoms with van der Waals surface area (Å²) in [5, 5.41) is 12.0. The minimum atomic E-state index is -0.818. The fourth-order valence-electron chi connectivity index (χ4n) is 4.56. The molecule has 0 spiro atoms. The van der Waals surface area contributed by atoms with Crippen LogP contribution in [-0.2, 0) is 5.60 Å². The van der Waals surface area contributed by atoms with Crippen LogP contribution in [0.15, 0.2) is 24.3 Å². The van der Waals surface area contributed by atoms with Crippen LogP contribution in [0.25, 0.3) is 0 Å². The van der Waals surface area contributed by atoms with Gasteiger partial charge in [-0.05, 0) is 24.8 Å². The maximum absolute atomic E-state index is 12.0. The van der Waals surface area contributed by atoms with Gasteiger partial charge in [-0.2, -0.15) is 0 Å². The Kier molecular flexibility index (Phi) is 5.71. The van der Waals surface area contributed by atoms with Gasteiger partial charge in [0.25, 0.3) is 0 Å². The lowest BCUT2D eigenvalue weighted by atomic mass is 9.72. The van der Waals surface area contributed by atoms with E-state index in [2.05, 4.69) is 25.1 Å². The van der Waals surface area contributed by atoms with E-state index in [9.17, 15) is 5.11 Å². The number of benzene rings is 1. The van der Waals surface area contributed by atoms with E-state index in [1.165, 1.54) is 19.3 Å². The largest absolute Gasteiger partial charge is 0.496 e. The van der Waals surface area contributed by atoms with Crippen molar-refractivity contribution in [1.29, 1.82) is 0 Å². The Hall–Kier alpha value is -1.10. The number of nitrogens with zero attached hydrogens (tertiary/aromatic N) is 2. The number of hydrogen-bond donors (Lipinski definition) is 1. The number of methoxy groups -OCH3 is 1. The van der Waals surface area contributed by atoms with Crippen LogP contribution in [-0.4, -0.2) is 68.4 Å². The van der Waals surface area contributed by atoms with Crippen LogP contribution < -0.4 is 4.74 Å². The summed E-state index contributed by atoms with van der Waals surface area (Å²) in [4.78, 5) is 2.46. The van der Waals surface area contributed by atoms with Gasteiger partial charge < -0.3 is 14.3 Å². The molecule has 1 atom stereocenters. The Morgan fingerprint density at radius 3 is 2.40 bits per heavy atom. The molecule has 25 heavy (non-hydrogen) atoms. The Bertz CT molecular complexity index is 559. The number of quaternary nitrogens is 1. The number of hydrogen-bond acceptors (Lipinski definition) is 3. The van der Waals surface area contributed by atoms with Crippen molar-refractivity contribution in [3.8, 4) is 5.75 Å². The molecule has 2 aliphatic rings. The second-order valence-corrected chi connectivity index (χ2v) is 8.62. The third-order valence-corrected chi connectivity index (χ3v) is 6.36. The molecule has 1 N–H and O–H groups in total. The smallest absolute Gasteiger partial charge is 0.125 e. The van der Waals surface area contributed by atoms with Crippen LogP contribution in [0, 0.1) is 5.92 Å². The molecule has 1 heterocycles. The Morgan fingerprint density at radius 2 is 1.76 bits per heavy atom. The predicted molar refractivity (Wildman–Crippen MR) is 102 cm³/mol. The van der Waals surface area contributed by atoms with Crippen molar-refractivity contribution in [1.82, 2.24) is 4.90 Å². The van der Waals surface area contributed by atoms with Gasteiger partial charge in [-0.25, -0.2) is 0 Å². The number of ether oxygens (including phenoxy) is 1. The summed E-state index contributed by atoms with van der Waals surface area (Å²) < 4.78 is 6.70. The molecule has 1 aromatic rings. The lowest BCUT2D eigenvalue weighted by Gasteiger charge is -2.45. The van der Waals surface area contributed by atoms with Crippen LogP contribution in [0.5, 0.6) is 5.75 Å². The van der Waals surface area contributed by atoms with Gasteiger partial charge >= 0.3 is 0 Å². The first-order valence-corrected chi connectivity index (χ1v) is 9.85. The molecular formula is C21H35N2O2+. The molecule has 4 heteroatoms. The number of rotatable bonds is 5. The van der Waals surface area contributed by atoms with E-state index >= 15 is 0 Å². The van der Waals surface area contributed by atoms with Crippen molar-refractivity contribution in [2.24, 2.45) is 5.92 Å². The van der Waals surface area contributed by atoms with Crippen molar-refractivity contribution >= 4 is 0 Å². The van der Waals surface area contributed by atoms with Gasteiger partial charge in [-0.1, -0.05) is 37.5 Å². The summed E-state index contributed by atoms with van der Waals surface area (Å²) in [6.07, 6.45) is 5.99. The van der Waals surface area contributed by atoms with Gasteiger partial charge in [0.2, 0.25) is 0 Å². The third kappa shape index (κ3) is 4.18. The molecular weight excluding hydrogens is 312 g/mol. The number of likely N-dealkylation sites (N-methyl/N-ethyl adjacent to an activating group) is 1. The Balaban J connectivity index is 1.86. The monoisotopic (exact) mass is 347 g/mol. The molecule has 1 unspecified atom stereocenters. The van der Waals surface area contributed by atoms with Crippen molar-refractivity contribution in [3.63, 3.8) is 0 Å². The summed E-state index contributed by atoms with van der Waals surface area (Å²) in [6, 6.07) is 8.07. The highest BCUT2D eigenvalue weighted by molar-refractivity contribution is 5.39. The molecule has 1 aliphatic heterocycles. The first-order chi connectivity index (χ1) is 11.9. The molecule has 2 fully saturated rings. The van der Waals surface area contributed by atoms with Gasteiger partial charge in [-0.15, -0.1) is 0 Å². The fraction of sp³-hybridized carbons (Fsp3) is 0.714. The fourth-order valence-corrected chi connectivity index (χ4v) is 4.56. The van der Waals surface area contributed by atoms with E-state index in [0.29, 0.717) is 5.92 Å². The summed E-state index contributed by atoms with van der Waals surface area (Å²) in [5.41, 5.74) is 0.158. The highest BCUT2D eigenvalue weighted by atomic mass is 16.5. The summed E-state index contributed by atoms with van der Waals surface area (Å²) in [5.74, 6) is 1.14. The van der Waals surface area contributed by atoms with Crippen LogP contribution in [0.1, 0.15) is 37.7 Å². The normalized spacial score (nSPS) is 24.6. The topological polar surface area (TPSA) is 32.7 Å². The first-order valence-electron chi connectivity index (χ1n) is 9.85. The highest BCUT2D eigenvalue weighted by Crippen LogP contribution is 2.43. The van der Waals surface area contributed by atoms with Crippen LogP contribution in [0.4, 0.5) is 0 Å². The van der Waals surface area contributed by atoms with Crippen molar-refractivity contribution in [3.05, 3.63) is 29.8 Å². The van der Waals surface area contributed by atoms with Crippen molar-refractivity contribution in [2.45, 2.75) is 37.7 Å². The maximum atomic E-state index is 12.0. The lowest BCUT2D eigenvalue weighted by Crippen LogP contribution is -2.58. The minimum Gasteiger partial charge on any atom is -0.496 e. The lowest BCUT2D eigenvalue weighted by molar-refractivity contribution is -0.894. The van der Waals surface area contributed by atoms with Crippen LogP contribution in [0.3, 0.4) is 0 Å². The standard InChI is InChI=1S/C21H35N2O2/c1-23(2)15-13-22(14-16-23)17-21(24,18-9-5-4-6-10-18)19-11-7-8-12-20(19)25-3/h7-8,11-12,18,24H,4-6,9-10,13-17H2,1-3H3/q+1. The molecule has 1 aliphatic carbocycles. The van der Waals surface area contributed by atoms with E-state index in [1.54, 1.807) is 7.11 Å². The van der Waals surface area contributed by atoms with Gasteiger partial charge in [0.05, 0.1) is 34.3 Å². The molecule has 140 valence electrons. The zero-order valence-corrected chi connectivity index (χ0v) is 16.2. The predicted octanol–water partition coefficient (Wildman–Crippen LogP) is 2.86. The number of piperazine rings is 1. The zero-order valence-electron chi connectivity index (χ0n) is 16.2. The average molecular weight is 348 g/mol. The maximum Gasteiger partial charge on any atom is 0.125 e. The quantitative estimate of drug-likeness (QED) is 0.832. The van der Waals surface area contributed by atoms with Crippen LogP contribution in [0.2, 0.25) is 0 Å². The number of para-hydroxylation sites is 1. The summed E-state index contributed by atoms with van der Waals surface area (Å²) in [6.45, 7) is 5.12. The molecule has 0 bridgehead atoms. The second-order valence-electron chi connectivity index (χ2n) is 8.62. The minimum absolute atomic E-state index is 0.321. The number of aliphatic hydroxyl groups is 1. The van der Waals surface area contributed by atoms with E-state index in [4.69, 9.17) is 4.74 Å². The van der Waals surface area contributed by atoms with E-state index in [1.807, 2.05) is 18.2 Å². The molecule has 3 rings (SSSR count). The summed E-state index contributed by atoms with van der Waals surface area (Å²) in [7, 11) is 6.30. The SMILES string of the molecule is COc1ccccc1C(O)(CN1CC[N+](C)(C)CC1)C1CCCCC1. The average Bonchev–Trinajstić information content (AvgIpc) is 2.64. The van der Waals surface area contributed by atoms with Crippen molar-refractivity contribution < 1.29 is 14.3 Å². The molecule has 1 aromatic carbocycles. The van der Waals surface area contributed by atoms with E-state index < -0.39 is 5.60 Å². The third-order valence-electron chi connectivity index (χ3n) is 6.36. The summed E-state index contributed by atoms with van der Waals surface area (Å²) >= 11 is 0. The molecule has 4 nitrogen and oxygen atoms in total. The van der Waals surface area contributed by atoms with Crippen molar-refractivity contribution in [2.75, 3.05) is 53.9 Å².